The number of aromatic nitrogens is 2. The molecule has 3 aromatic rings. The van der Waals surface area contributed by atoms with Gasteiger partial charge in [0, 0.05) is 17.7 Å². The largest absolute Gasteiger partial charge is 0.376 e. The van der Waals surface area contributed by atoms with E-state index in [9.17, 15) is 9.59 Å². The van der Waals surface area contributed by atoms with Crippen molar-refractivity contribution in [1.82, 2.24) is 9.55 Å². The van der Waals surface area contributed by atoms with Crippen LogP contribution < -0.4 is 16.3 Å². The minimum Gasteiger partial charge on any atom is -0.376 e. The topological polar surface area (TPSA) is 85.3 Å². The third kappa shape index (κ3) is 3.83. The zero-order chi connectivity index (χ0) is 18.6. The molecule has 1 aliphatic rings. The number of carbonyl (C=O) groups excluding carboxylic acids is 1. The highest BCUT2D eigenvalue weighted by atomic mass is 16.5. The van der Waals surface area contributed by atoms with Gasteiger partial charge in [-0.25, -0.2) is 9.59 Å². The molecule has 138 valence electrons. The van der Waals surface area contributed by atoms with Gasteiger partial charge in [0.25, 0.3) is 0 Å². The van der Waals surface area contributed by atoms with Gasteiger partial charge in [0.1, 0.15) is 5.82 Å². The number of amides is 2. The standard InChI is InChI=1S/C20H20N4O3/c25-19(21-14-7-2-1-3-8-14)23-18-16-10-4-5-11-17(16)22-20(26)24(18)13-15-9-6-12-27-15/h1-5,7-8,10-11,15H,6,9,12-13H2,(H2,21,23,25)/t15-/m0/s1. The summed E-state index contributed by atoms with van der Waals surface area (Å²) in [6.07, 6.45) is 1.80. The molecule has 1 saturated heterocycles. The lowest BCUT2D eigenvalue weighted by molar-refractivity contribution is 0.0964. The van der Waals surface area contributed by atoms with Crippen molar-refractivity contribution in [3.05, 3.63) is 65.1 Å². The van der Waals surface area contributed by atoms with Gasteiger partial charge in [-0.3, -0.25) is 9.88 Å². The van der Waals surface area contributed by atoms with Crippen molar-refractivity contribution in [3.8, 4) is 0 Å². The number of carbonyl (C=O) groups is 1. The Labute approximate surface area is 156 Å². The third-order valence-electron chi connectivity index (χ3n) is 4.55. The fourth-order valence-electron chi connectivity index (χ4n) is 3.26. The molecule has 0 bridgehead atoms. The average Bonchev–Trinajstić information content (AvgIpc) is 3.18. The maximum absolute atomic E-state index is 12.6. The molecule has 0 spiro atoms. The fraction of sp³-hybridized carbons (Fsp3) is 0.250. The maximum atomic E-state index is 12.6. The summed E-state index contributed by atoms with van der Waals surface area (Å²) in [6, 6.07) is 16.0. The molecule has 2 aromatic carbocycles. The Morgan fingerprint density at radius 2 is 1.89 bits per heavy atom. The molecular weight excluding hydrogens is 344 g/mol. The number of hydrogen-bond donors (Lipinski definition) is 2. The number of nitrogens with zero attached hydrogens (tertiary/aromatic N) is 2. The summed E-state index contributed by atoms with van der Waals surface area (Å²) in [7, 11) is 0. The smallest absolute Gasteiger partial charge is 0.349 e. The second kappa shape index (κ2) is 7.59. The lowest BCUT2D eigenvalue weighted by Crippen LogP contribution is -2.32. The van der Waals surface area contributed by atoms with Crippen molar-refractivity contribution in [2.24, 2.45) is 0 Å². The molecule has 0 unspecified atom stereocenters. The lowest BCUT2D eigenvalue weighted by Gasteiger charge is -2.18. The van der Waals surface area contributed by atoms with E-state index in [1.54, 1.807) is 18.2 Å². The molecule has 0 saturated carbocycles. The molecule has 1 fully saturated rings. The van der Waals surface area contributed by atoms with E-state index in [1.807, 2.05) is 36.4 Å². The Bertz CT molecular complexity index is 1010. The van der Waals surface area contributed by atoms with Crippen LogP contribution in [0.4, 0.5) is 16.3 Å². The summed E-state index contributed by atoms with van der Waals surface area (Å²) in [5, 5.41) is 6.32. The summed E-state index contributed by atoms with van der Waals surface area (Å²) in [4.78, 5) is 29.3. The summed E-state index contributed by atoms with van der Waals surface area (Å²) in [5.74, 6) is 0.425. The van der Waals surface area contributed by atoms with Crippen LogP contribution in [0.15, 0.2) is 59.4 Å². The van der Waals surface area contributed by atoms with Gasteiger partial charge in [-0.15, -0.1) is 0 Å². The van der Waals surface area contributed by atoms with Gasteiger partial charge in [0.2, 0.25) is 0 Å². The van der Waals surface area contributed by atoms with Crippen molar-refractivity contribution in [2.75, 3.05) is 17.2 Å². The summed E-state index contributed by atoms with van der Waals surface area (Å²) in [6.45, 7) is 1.05. The number of urea groups is 1. The molecule has 2 heterocycles. The molecule has 1 aromatic heterocycles. The van der Waals surface area contributed by atoms with Crippen molar-refractivity contribution < 1.29 is 9.53 Å². The molecule has 4 rings (SSSR count). The Hall–Kier alpha value is -3.19. The SMILES string of the molecule is O=C(Nc1ccccc1)Nc1c2ccccc2nc(=O)n1C[C@@H]1CCCO1. The molecule has 7 nitrogen and oxygen atoms in total. The molecular formula is C20H20N4O3. The number of hydrogen-bond acceptors (Lipinski definition) is 4. The van der Waals surface area contributed by atoms with E-state index in [-0.39, 0.29) is 6.10 Å². The second-order valence-electron chi connectivity index (χ2n) is 6.45. The summed E-state index contributed by atoms with van der Waals surface area (Å²) in [5.41, 5.74) is 0.807. The van der Waals surface area contributed by atoms with E-state index in [0.717, 1.165) is 12.8 Å². The van der Waals surface area contributed by atoms with Crippen LogP contribution in [0.2, 0.25) is 0 Å². The number of para-hydroxylation sites is 2. The number of anilines is 2. The Kier molecular flexibility index (Phi) is 4.84. The third-order valence-corrected chi connectivity index (χ3v) is 4.55. The molecule has 0 radical (unpaired) electrons. The van der Waals surface area contributed by atoms with E-state index >= 15 is 0 Å². The van der Waals surface area contributed by atoms with Gasteiger partial charge in [-0.2, -0.15) is 4.98 Å². The quantitative estimate of drug-likeness (QED) is 0.744. The predicted molar refractivity (Wildman–Crippen MR) is 104 cm³/mol. The minimum absolute atomic E-state index is 0.0524. The van der Waals surface area contributed by atoms with Crippen LogP contribution in [0, 0.1) is 0 Å². The second-order valence-corrected chi connectivity index (χ2v) is 6.45. The highest BCUT2D eigenvalue weighted by Crippen LogP contribution is 2.22. The molecule has 1 atom stereocenters. The predicted octanol–water partition coefficient (Wildman–Crippen LogP) is 3.22. The normalized spacial score (nSPS) is 16.4. The fourth-order valence-corrected chi connectivity index (χ4v) is 3.26. The Balaban J connectivity index is 1.69. The Morgan fingerprint density at radius 3 is 2.67 bits per heavy atom. The van der Waals surface area contributed by atoms with Crippen LogP contribution in [-0.2, 0) is 11.3 Å². The first-order chi connectivity index (χ1) is 13.2. The van der Waals surface area contributed by atoms with E-state index in [2.05, 4.69) is 15.6 Å². The average molecular weight is 364 g/mol. The molecule has 27 heavy (non-hydrogen) atoms. The number of rotatable bonds is 4. The monoisotopic (exact) mass is 364 g/mol. The van der Waals surface area contributed by atoms with Crippen LogP contribution in [-0.4, -0.2) is 28.3 Å². The molecule has 0 aliphatic carbocycles. The van der Waals surface area contributed by atoms with E-state index in [4.69, 9.17) is 4.74 Å². The van der Waals surface area contributed by atoms with E-state index in [0.29, 0.717) is 35.6 Å². The zero-order valence-corrected chi connectivity index (χ0v) is 14.7. The zero-order valence-electron chi connectivity index (χ0n) is 14.7. The molecule has 1 aliphatic heterocycles. The number of benzene rings is 2. The first-order valence-electron chi connectivity index (χ1n) is 8.95. The van der Waals surface area contributed by atoms with Gasteiger partial charge in [-0.05, 0) is 37.1 Å². The molecule has 2 N–H and O–H groups in total. The first kappa shape index (κ1) is 17.2. The van der Waals surface area contributed by atoms with E-state index in [1.165, 1.54) is 4.57 Å². The van der Waals surface area contributed by atoms with Gasteiger partial charge in [0.15, 0.2) is 0 Å². The first-order valence-corrected chi connectivity index (χ1v) is 8.95. The number of nitrogens with one attached hydrogen (secondary N) is 2. The van der Waals surface area contributed by atoms with Crippen LogP contribution >= 0.6 is 0 Å². The summed E-state index contributed by atoms with van der Waals surface area (Å²) < 4.78 is 7.15. The van der Waals surface area contributed by atoms with Crippen molar-refractivity contribution >= 4 is 28.4 Å². The summed E-state index contributed by atoms with van der Waals surface area (Å²) >= 11 is 0. The number of fused-ring (bicyclic) bond motifs is 1. The van der Waals surface area contributed by atoms with Crippen LogP contribution in [0.3, 0.4) is 0 Å². The van der Waals surface area contributed by atoms with E-state index < -0.39 is 11.7 Å². The maximum Gasteiger partial charge on any atom is 0.349 e. The van der Waals surface area contributed by atoms with Gasteiger partial charge >= 0.3 is 11.7 Å². The molecule has 7 heteroatoms. The van der Waals surface area contributed by atoms with Crippen LogP contribution in [0.5, 0.6) is 0 Å². The van der Waals surface area contributed by atoms with Gasteiger partial charge in [-0.1, -0.05) is 30.3 Å². The van der Waals surface area contributed by atoms with Gasteiger partial charge in [0.05, 0.1) is 18.2 Å². The highest BCUT2D eigenvalue weighted by molar-refractivity contribution is 6.04. The van der Waals surface area contributed by atoms with Gasteiger partial charge < -0.3 is 10.1 Å². The minimum atomic E-state index is -0.418. The van der Waals surface area contributed by atoms with Crippen LogP contribution in [0.25, 0.3) is 10.9 Å². The van der Waals surface area contributed by atoms with Crippen molar-refractivity contribution in [3.63, 3.8) is 0 Å². The highest BCUT2D eigenvalue weighted by Gasteiger charge is 2.21. The van der Waals surface area contributed by atoms with Crippen molar-refractivity contribution in [1.29, 1.82) is 0 Å². The number of ether oxygens (including phenoxy) is 1. The van der Waals surface area contributed by atoms with Crippen molar-refractivity contribution in [2.45, 2.75) is 25.5 Å². The Morgan fingerprint density at radius 1 is 1.11 bits per heavy atom. The molecule has 2 amide bonds. The lowest BCUT2D eigenvalue weighted by atomic mass is 10.2. The van der Waals surface area contributed by atoms with Crippen LogP contribution in [0.1, 0.15) is 12.8 Å².